The minimum Gasteiger partial charge on any atom is -0.465 e. The molecule has 1 unspecified atom stereocenters. The summed E-state index contributed by atoms with van der Waals surface area (Å²) in [7, 11) is 0. The summed E-state index contributed by atoms with van der Waals surface area (Å²) in [5.74, 6) is 0. The molecule has 2 rings (SSSR count). The zero-order chi connectivity index (χ0) is 15.5. The Bertz CT molecular complexity index is 492. The number of hydrogen-bond acceptors (Lipinski definition) is 2. The molecule has 1 heterocycles. The van der Waals surface area contributed by atoms with Crippen molar-refractivity contribution in [1.82, 2.24) is 4.90 Å². The van der Waals surface area contributed by atoms with Gasteiger partial charge in [0.05, 0.1) is 19.3 Å². The summed E-state index contributed by atoms with van der Waals surface area (Å²) in [6.07, 6.45) is -0.348. The van der Waals surface area contributed by atoms with Crippen molar-refractivity contribution in [2.45, 2.75) is 31.5 Å². The maximum atomic E-state index is 14.9. The Morgan fingerprint density at radius 1 is 1.52 bits per heavy atom. The van der Waals surface area contributed by atoms with Gasteiger partial charge in [0.25, 0.3) is 0 Å². The second-order valence-corrected chi connectivity index (χ2v) is 5.91. The first-order chi connectivity index (χ1) is 9.90. The van der Waals surface area contributed by atoms with E-state index in [1.807, 2.05) is 12.1 Å². The Balaban J connectivity index is 2.02. The fraction of sp³-hybridized carbons (Fsp3) is 0.533. The van der Waals surface area contributed by atoms with Gasteiger partial charge in [0.15, 0.2) is 0 Å². The van der Waals surface area contributed by atoms with E-state index in [4.69, 9.17) is 16.3 Å². The Hall–Kier alpha value is -1.33. The largest absolute Gasteiger partial charge is 0.465 e. The van der Waals surface area contributed by atoms with Crippen LogP contribution in [-0.4, -0.2) is 47.6 Å². The first-order valence-electron chi connectivity index (χ1n) is 6.91. The van der Waals surface area contributed by atoms with Crippen LogP contribution in [0.1, 0.15) is 18.9 Å². The molecule has 2 atom stereocenters. The van der Waals surface area contributed by atoms with Crippen molar-refractivity contribution in [1.29, 1.82) is 0 Å². The van der Waals surface area contributed by atoms with Gasteiger partial charge >= 0.3 is 6.09 Å². The number of carboxylic acid groups (broad SMARTS) is 1. The number of benzene rings is 1. The normalized spacial score (nSPS) is 21.9. The van der Waals surface area contributed by atoms with Crippen molar-refractivity contribution in [2.75, 3.05) is 19.8 Å². The quantitative estimate of drug-likeness (QED) is 0.926. The third-order valence-electron chi connectivity index (χ3n) is 3.88. The molecule has 0 radical (unpaired) electrons. The van der Waals surface area contributed by atoms with E-state index in [9.17, 15) is 14.3 Å². The first kappa shape index (κ1) is 16.0. The molecule has 0 aromatic heterocycles. The van der Waals surface area contributed by atoms with Crippen LogP contribution in [-0.2, 0) is 11.2 Å². The molecule has 6 heteroatoms. The third-order valence-corrected chi connectivity index (χ3v) is 4.14. The molecule has 1 aliphatic heterocycles. The lowest BCUT2D eigenvalue weighted by Crippen LogP contribution is -2.57. The van der Waals surface area contributed by atoms with Crippen molar-refractivity contribution in [3.63, 3.8) is 0 Å². The van der Waals surface area contributed by atoms with Gasteiger partial charge in [-0.15, -0.1) is 0 Å². The summed E-state index contributed by atoms with van der Waals surface area (Å²) in [6, 6.07) is 6.46. The molecule has 0 saturated carbocycles. The lowest BCUT2D eigenvalue weighted by atomic mass is 9.90. The van der Waals surface area contributed by atoms with Crippen LogP contribution in [0.5, 0.6) is 0 Å². The predicted octanol–water partition coefficient (Wildman–Crippen LogP) is 3.38. The topological polar surface area (TPSA) is 49.8 Å². The summed E-state index contributed by atoms with van der Waals surface area (Å²) < 4.78 is 20.2. The molecule has 1 saturated heterocycles. The van der Waals surface area contributed by atoms with Gasteiger partial charge in [0, 0.05) is 11.6 Å². The highest BCUT2D eigenvalue weighted by atomic mass is 35.5. The van der Waals surface area contributed by atoms with E-state index in [1.165, 1.54) is 6.92 Å². The number of morpholine rings is 1. The zero-order valence-corrected chi connectivity index (χ0v) is 12.6. The van der Waals surface area contributed by atoms with Crippen LogP contribution in [0.4, 0.5) is 9.18 Å². The lowest BCUT2D eigenvalue weighted by molar-refractivity contribution is -0.0609. The number of halogens is 2. The highest BCUT2D eigenvalue weighted by molar-refractivity contribution is 6.30. The molecule has 0 spiro atoms. The number of hydrogen-bond donors (Lipinski definition) is 1. The average Bonchev–Trinajstić information content (AvgIpc) is 2.47. The average molecular weight is 316 g/mol. The summed E-state index contributed by atoms with van der Waals surface area (Å²) in [6.45, 7) is 2.06. The van der Waals surface area contributed by atoms with Crippen LogP contribution in [0.3, 0.4) is 0 Å². The van der Waals surface area contributed by atoms with E-state index in [0.717, 1.165) is 10.5 Å². The Labute approximate surface area is 128 Å². The summed E-state index contributed by atoms with van der Waals surface area (Å²) in [5.41, 5.74) is -0.666. The van der Waals surface area contributed by atoms with Gasteiger partial charge in [-0.1, -0.05) is 23.7 Å². The molecule has 1 aromatic rings. The van der Waals surface area contributed by atoms with Gasteiger partial charge in [-0.05, 0) is 37.5 Å². The van der Waals surface area contributed by atoms with Crippen LogP contribution in [0.15, 0.2) is 24.3 Å². The van der Waals surface area contributed by atoms with Crippen LogP contribution < -0.4 is 0 Å². The molecule has 1 aromatic carbocycles. The number of rotatable bonds is 4. The van der Waals surface area contributed by atoms with Crippen molar-refractivity contribution in [2.24, 2.45) is 0 Å². The number of carbonyl (C=O) groups is 1. The van der Waals surface area contributed by atoms with Crippen molar-refractivity contribution < 1.29 is 19.0 Å². The minimum absolute atomic E-state index is 0.0971. The number of alkyl halides is 1. The molecule has 0 aliphatic carbocycles. The Kier molecular flexibility index (Phi) is 5.06. The molecule has 1 aliphatic rings. The van der Waals surface area contributed by atoms with Crippen LogP contribution in [0.2, 0.25) is 5.02 Å². The lowest BCUT2D eigenvalue weighted by Gasteiger charge is -2.40. The second kappa shape index (κ2) is 6.62. The summed E-state index contributed by atoms with van der Waals surface area (Å²) in [4.78, 5) is 12.4. The molecule has 0 bridgehead atoms. The van der Waals surface area contributed by atoms with E-state index in [0.29, 0.717) is 18.1 Å². The van der Waals surface area contributed by atoms with Crippen molar-refractivity contribution in [3.8, 4) is 0 Å². The number of nitrogens with zero attached hydrogens (tertiary/aromatic N) is 1. The van der Waals surface area contributed by atoms with E-state index in [-0.39, 0.29) is 19.6 Å². The van der Waals surface area contributed by atoms with Crippen LogP contribution >= 0.6 is 11.6 Å². The van der Waals surface area contributed by atoms with Crippen LogP contribution in [0, 0.1) is 0 Å². The molecule has 1 fully saturated rings. The SMILES string of the molecule is CC(F)(CCc1ccc(Cl)cc1)[C@@H]1COCCN1C(=O)O. The standard InChI is InChI=1S/C15H19ClFNO3/c1-15(17,7-6-11-2-4-12(16)5-3-11)13-10-21-9-8-18(13)14(19)20/h2-5,13H,6-10H2,1H3,(H,19,20)/t13-,15?/m0/s1. The number of ether oxygens (including phenoxy) is 1. The highest BCUT2D eigenvalue weighted by Crippen LogP contribution is 2.29. The van der Waals surface area contributed by atoms with Gasteiger partial charge in [0.1, 0.15) is 5.67 Å². The van der Waals surface area contributed by atoms with E-state index < -0.39 is 17.8 Å². The summed E-state index contributed by atoms with van der Waals surface area (Å²) in [5, 5.41) is 9.82. The molecule has 116 valence electrons. The fourth-order valence-electron chi connectivity index (χ4n) is 2.54. The monoisotopic (exact) mass is 315 g/mol. The molecular weight excluding hydrogens is 297 g/mol. The Morgan fingerprint density at radius 2 is 2.19 bits per heavy atom. The maximum Gasteiger partial charge on any atom is 0.407 e. The molecular formula is C15H19ClFNO3. The van der Waals surface area contributed by atoms with Gasteiger partial charge in [-0.3, -0.25) is 4.90 Å². The van der Waals surface area contributed by atoms with Crippen LogP contribution in [0.25, 0.3) is 0 Å². The fourth-order valence-corrected chi connectivity index (χ4v) is 2.66. The first-order valence-corrected chi connectivity index (χ1v) is 7.28. The second-order valence-electron chi connectivity index (χ2n) is 5.47. The smallest absolute Gasteiger partial charge is 0.407 e. The summed E-state index contributed by atoms with van der Waals surface area (Å²) >= 11 is 5.81. The number of amides is 1. The van der Waals surface area contributed by atoms with Crippen molar-refractivity contribution in [3.05, 3.63) is 34.9 Å². The van der Waals surface area contributed by atoms with Gasteiger partial charge in [-0.2, -0.15) is 0 Å². The highest BCUT2D eigenvalue weighted by Gasteiger charge is 2.42. The van der Waals surface area contributed by atoms with E-state index in [1.54, 1.807) is 12.1 Å². The van der Waals surface area contributed by atoms with Crippen molar-refractivity contribution >= 4 is 17.7 Å². The maximum absolute atomic E-state index is 14.9. The molecule has 4 nitrogen and oxygen atoms in total. The predicted molar refractivity (Wildman–Crippen MR) is 78.6 cm³/mol. The molecule has 21 heavy (non-hydrogen) atoms. The van der Waals surface area contributed by atoms with Gasteiger partial charge < -0.3 is 9.84 Å². The zero-order valence-electron chi connectivity index (χ0n) is 11.9. The number of aryl methyl sites for hydroxylation is 1. The molecule has 1 N–H and O–H groups in total. The minimum atomic E-state index is -1.64. The van der Waals surface area contributed by atoms with Gasteiger partial charge in [-0.25, -0.2) is 9.18 Å². The molecule has 1 amide bonds. The Morgan fingerprint density at radius 3 is 2.81 bits per heavy atom. The third kappa shape index (κ3) is 4.08. The van der Waals surface area contributed by atoms with E-state index in [2.05, 4.69) is 0 Å². The van der Waals surface area contributed by atoms with Gasteiger partial charge in [0.2, 0.25) is 0 Å². The van der Waals surface area contributed by atoms with E-state index >= 15 is 0 Å².